The minimum Gasteiger partial charge on any atom is -0.497 e. The van der Waals surface area contributed by atoms with E-state index in [4.69, 9.17) is 10.00 Å². The van der Waals surface area contributed by atoms with Gasteiger partial charge in [0, 0.05) is 32.2 Å². The van der Waals surface area contributed by atoms with Crippen molar-refractivity contribution in [2.75, 3.05) is 33.3 Å². The summed E-state index contributed by atoms with van der Waals surface area (Å²) < 4.78 is 5.17. The van der Waals surface area contributed by atoms with E-state index in [1.54, 1.807) is 7.11 Å². The molecule has 0 radical (unpaired) electrons. The lowest BCUT2D eigenvalue weighted by Crippen LogP contribution is -2.45. The summed E-state index contributed by atoms with van der Waals surface area (Å²) in [5.41, 5.74) is 1.19. The molecule has 1 atom stereocenters. The Morgan fingerprint density at radius 2 is 1.85 bits per heavy atom. The van der Waals surface area contributed by atoms with E-state index in [2.05, 4.69) is 28.4 Å². The molecule has 0 amide bonds. The van der Waals surface area contributed by atoms with Crippen LogP contribution in [0.3, 0.4) is 0 Å². The van der Waals surface area contributed by atoms with Gasteiger partial charge in [-0.15, -0.1) is 24.8 Å². The van der Waals surface area contributed by atoms with Crippen molar-refractivity contribution >= 4 is 24.8 Å². The van der Waals surface area contributed by atoms with Crippen LogP contribution in [0.4, 0.5) is 0 Å². The van der Waals surface area contributed by atoms with E-state index in [-0.39, 0.29) is 30.9 Å². The predicted molar refractivity (Wildman–Crippen MR) is 84.9 cm³/mol. The van der Waals surface area contributed by atoms with E-state index in [0.29, 0.717) is 6.42 Å². The molecule has 4 nitrogen and oxygen atoms in total. The zero-order valence-corrected chi connectivity index (χ0v) is 13.2. The van der Waals surface area contributed by atoms with Gasteiger partial charge in [-0.25, -0.2) is 0 Å². The first-order chi connectivity index (χ1) is 8.85. The molecule has 1 saturated heterocycles. The van der Waals surface area contributed by atoms with E-state index in [1.807, 2.05) is 12.1 Å². The van der Waals surface area contributed by atoms with E-state index < -0.39 is 0 Å². The van der Waals surface area contributed by atoms with Gasteiger partial charge >= 0.3 is 0 Å². The SMILES string of the molecule is COc1ccc([C@H](CC#N)N2CCNCC2)cc1.Cl.Cl. The highest BCUT2D eigenvalue weighted by atomic mass is 35.5. The topological polar surface area (TPSA) is 48.3 Å². The number of nitriles is 1. The maximum Gasteiger partial charge on any atom is 0.118 e. The van der Waals surface area contributed by atoms with Crippen LogP contribution in [0.1, 0.15) is 18.0 Å². The molecule has 6 heteroatoms. The lowest BCUT2D eigenvalue weighted by Gasteiger charge is -2.34. The normalized spacial score (nSPS) is 16.2. The Balaban J connectivity index is 0.00000180. The van der Waals surface area contributed by atoms with Gasteiger partial charge in [0.2, 0.25) is 0 Å². The highest BCUT2D eigenvalue weighted by molar-refractivity contribution is 5.85. The van der Waals surface area contributed by atoms with Crippen LogP contribution in [-0.4, -0.2) is 38.2 Å². The van der Waals surface area contributed by atoms with Crippen molar-refractivity contribution in [2.24, 2.45) is 0 Å². The molecule has 1 heterocycles. The average molecular weight is 318 g/mol. The summed E-state index contributed by atoms with van der Waals surface area (Å²) in [5.74, 6) is 0.856. The van der Waals surface area contributed by atoms with Gasteiger partial charge < -0.3 is 10.1 Å². The number of nitrogens with one attached hydrogen (secondary N) is 1. The van der Waals surface area contributed by atoms with Crippen LogP contribution in [0.25, 0.3) is 0 Å². The zero-order valence-electron chi connectivity index (χ0n) is 11.5. The van der Waals surface area contributed by atoms with Crippen LogP contribution in [0.5, 0.6) is 5.75 Å². The Labute approximate surface area is 132 Å². The quantitative estimate of drug-likeness (QED) is 0.926. The number of ether oxygens (including phenoxy) is 1. The minimum atomic E-state index is 0. The molecule has 1 fully saturated rings. The molecule has 0 bridgehead atoms. The summed E-state index contributed by atoms with van der Waals surface area (Å²) in [6.45, 7) is 3.99. The minimum absolute atomic E-state index is 0. The van der Waals surface area contributed by atoms with Crippen molar-refractivity contribution < 1.29 is 4.74 Å². The van der Waals surface area contributed by atoms with Crippen molar-refractivity contribution in [3.05, 3.63) is 29.8 Å². The van der Waals surface area contributed by atoms with E-state index >= 15 is 0 Å². The monoisotopic (exact) mass is 317 g/mol. The van der Waals surface area contributed by atoms with Crippen LogP contribution in [0, 0.1) is 11.3 Å². The lowest BCUT2D eigenvalue weighted by molar-refractivity contribution is 0.175. The van der Waals surface area contributed by atoms with E-state index in [1.165, 1.54) is 5.56 Å². The Morgan fingerprint density at radius 1 is 1.25 bits per heavy atom. The molecule has 0 spiro atoms. The van der Waals surface area contributed by atoms with Gasteiger partial charge in [-0.1, -0.05) is 12.1 Å². The first kappa shape index (κ1) is 19.0. The predicted octanol–water partition coefficient (Wildman–Crippen LogP) is 2.40. The fraction of sp³-hybridized carbons (Fsp3) is 0.500. The average Bonchev–Trinajstić information content (AvgIpc) is 2.46. The Kier molecular flexibility index (Phi) is 9.35. The third-order valence-corrected chi connectivity index (χ3v) is 3.38. The second kappa shape index (κ2) is 9.84. The Hall–Kier alpha value is -0.990. The Bertz CT molecular complexity index is 413. The maximum atomic E-state index is 9.01. The standard InChI is InChI=1S/C14H19N3O.2ClH/c1-18-13-4-2-12(3-5-13)14(6-7-15)17-10-8-16-9-11-17;;/h2-5,14,16H,6,8-11H2,1H3;2*1H/t14-;;/m0../s1. The molecular formula is C14H21Cl2N3O. The molecule has 1 N–H and O–H groups in total. The lowest BCUT2D eigenvalue weighted by atomic mass is 10.0. The summed E-state index contributed by atoms with van der Waals surface area (Å²) in [7, 11) is 1.66. The molecule has 1 aliphatic rings. The number of hydrogen-bond donors (Lipinski definition) is 1. The molecule has 0 aliphatic carbocycles. The fourth-order valence-corrected chi connectivity index (χ4v) is 2.36. The van der Waals surface area contributed by atoms with Gasteiger partial charge in [0.15, 0.2) is 0 Å². The van der Waals surface area contributed by atoms with Gasteiger partial charge in [0.05, 0.1) is 19.6 Å². The zero-order chi connectivity index (χ0) is 12.8. The summed E-state index contributed by atoms with van der Waals surface area (Å²) in [5, 5.41) is 12.3. The Morgan fingerprint density at radius 3 is 2.35 bits per heavy atom. The first-order valence-electron chi connectivity index (χ1n) is 6.31. The second-order valence-electron chi connectivity index (χ2n) is 4.44. The summed E-state index contributed by atoms with van der Waals surface area (Å²) >= 11 is 0. The first-order valence-corrected chi connectivity index (χ1v) is 6.31. The third kappa shape index (κ3) is 4.84. The van der Waals surface area contributed by atoms with Crippen LogP contribution < -0.4 is 10.1 Å². The van der Waals surface area contributed by atoms with Crippen LogP contribution in [-0.2, 0) is 0 Å². The van der Waals surface area contributed by atoms with E-state index in [0.717, 1.165) is 31.9 Å². The second-order valence-corrected chi connectivity index (χ2v) is 4.44. The smallest absolute Gasteiger partial charge is 0.118 e. The van der Waals surface area contributed by atoms with Crippen molar-refractivity contribution in [1.29, 1.82) is 5.26 Å². The molecule has 20 heavy (non-hydrogen) atoms. The molecule has 112 valence electrons. The van der Waals surface area contributed by atoms with Crippen LogP contribution in [0.15, 0.2) is 24.3 Å². The van der Waals surface area contributed by atoms with Gasteiger partial charge in [-0.05, 0) is 17.7 Å². The molecule has 0 unspecified atom stereocenters. The van der Waals surface area contributed by atoms with Crippen LogP contribution in [0.2, 0.25) is 0 Å². The molecule has 1 aromatic carbocycles. The molecule has 1 aliphatic heterocycles. The molecule has 0 saturated carbocycles. The highest BCUT2D eigenvalue weighted by Gasteiger charge is 2.21. The van der Waals surface area contributed by atoms with Crippen molar-refractivity contribution in [1.82, 2.24) is 10.2 Å². The number of rotatable bonds is 4. The number of piperazine rings is 1. The molecule has 2 rings (SSSR count). The van der Waals surface area contributed by atoms with Crippen molar-refractivity contribution in [3.8, 4) is 11.8 Å². The summed E-state index contributed by atoms with van der Waals surface area (Å²) in [6, 6.07) is 10.5. The number of methoxy groups -OCH3 is 1. The van der Waals surface area contributed by atoms with Crippen molar-refractivity contribution in [2.45, 2.75) is 12.5 Å². The maximum absolute atomic E-state index is 9.01. The summed E-state index contributed by atoms with van der Waals surface area (Å²) in [6.07, 6.45) is 0.534. The van der Waals surface area contributed by atoms with Crippen molar-refractivity contribution in [3.63, 3.8) is 0 Å². The number of halogens is 2. The number of nitrogens with zero attached hydrogens (tertiary/aromatic N) is 2. The van der Waals surface area contributed by atoms with E-state index in [9.17, 15) is 0 Å². The summed E-state index contributed by atoms with van der Waals surface area (Å²) in [4.78, 5) is 2.38. The number of hydrogen-bond acceptors (Lipinski definition) is 4. The molecule has 0 aromatic heterocycles. The largest absolute Gasteiger partial charge is 0.497 e. The molecule has 1 aromatic rings. The van der Waals surface area contributed by atoms with Gasteiger partial charge in [-0.2, -0.15) is 5.26 Å². The fourth-order valence-electron chi connectivity index (χ4n) is 2.36. The van der Waals surface area contributed by atoms with Gasteiger partial charge in [-0.3, -0.25) is 4.90 Å². The number of benzene rings is 1. The van der Waals surface area contributed by atoms with Gasteiger partial charge in [0.25, 0.3) is 0 Å². The van der Waals surface area contributed by atoms with Crippen LogP contribution >= 0.6 is 24.8 Å². The third-order valence-electron chi connectivity index (χ3n) is 3.38. The van der Waals surface area contributed by atoms with Gasteiger partial charge in [0.1, 0.15) is 5.75 Å². The molecular weight excluding hydrogens is 297 g/mol. The highest BCUT2D eigenvalue weighted by Crippen LogP contribution is 2.26.